The summed E-state index contributed by atoms with van der Waals surface area (Å²) >= 11 is 0. The van der Waals surface area contributed by atoms with Crippen LogP contribution in [0.2, 0.25) is 0 Å². The van der Waals surface area contributed by atoms with Crippen LogP contribution in [0.4, 0.5) is 4.39 Å². The first-order chi connectivity index (χ1) is 14.1. The largest absolute Gasteiger partial charge is 0.369 e. The topological polar surface area (TPSA) is 43.2 Å². The Hall–Kier alpha value is -2.57. The lowest BCUT2D eigenvalue weighted by molar-refractivity contribution is -0.0351. The van der Waals surface area contributed by atoms with Gasteiger partial charge in [-0.15, -0.1) is 0 Å². The van der Waals surface area contributed by atoms with E-state index in [0.29, 0.717) is 18.6 Å². The van der Waals surface area contributed by atoms with E-state index in [1.165, 1.54) is 11.6 Å². The van der Waals surface area contributed by atoms with Crippen molar-refractivity contribution in [2.45, 2.75) is 39.5 Å². The molecule has 4 rings (SSSR count). The third-order valence-electron chi connectivity index (χ3n) is 5.40. The second kappa shape index (κ2) is 8.84. The molecule has 0 radical (unpaired) electrons. The highest BCUT2D eigenvalue weighted by atomic mass is 19.1. The molecule has 1 atom stereocenters. The number of halogens is 1. The van der Waals surface area contributed by atoms with E-state index in [0.717, 1.165) is 43.3 Å². The van der Waals surface area contributed by atoms with Crippen molar-refractivity contribution >= 4 is 0 Å². The maximum Gasteiger partial charge on any atom is 0.126 e. The van der Waals surface area contributed by atoms with Gasteiger partial charge in [0, 0.05) is 50.1 Å². The number of morpholine rings is 1. The molecule has 2 aromatic heterocycles. The van der Waals surface area contributed by atoms with Crippen LogP contribution in [0.1, 0.15) is 41.2 Å². The van der Waals surface area contributed by atoms with Crippen LogP contribution in [0.25, 0.3) is 0 Å². The Balaban J connectivity index is 1.45. The van der Waals surface area contributed by atoms with Crippen LogP contribution in [0.15, 0.2) is 48.7 Å². The Labute approximate surface area is 171 Å². The molecular weight excluding hydrogens is 367 g/mol. The molecule has 0 N–H and O–H groups in total. The van der Waals surface area contributed by atoms with E-state index in [4.69, 9.17) is 9.72 Å². The number of nitrogens with zero attached hydrogens (tertiary/aromatic N) is 4. The molecule has 0 saturated carbocycles. The van der Waals surface area contributed by atoms with Crippen molar-refractivity contribution in [1.82, 2.24) is 19.7 Å². The van der Waals surface area contributed by atoms with Gasteiger partial charge >= 0.3 is 0 Å². The van der Waals surface area contributed by atoms with Crippen LogP contribution in [-0.2, 0) is 24.2 Å². The molecule has 0 bridgehead atoms. The Kier molecular flexibility index (Phi) is 6.02. The van der Waals surface area contributed by atoms with Crippen molar-refractivity contribution in [2.24, 2.45) is 0 Å². The highest BCUT2D eigenvalue weighted by Gasteiger charge is 2.24. The molecule has 0 unspecified atom stereocenters. The first-order valence-electron chi connectivity index (χ1n) is 10.2. The van der Waals surface area contributed by atoms with E-state index in [9.17, 15) is 4.39 Å². The van der Waals surface area contributed by atoms with Crippen LogP contribution in [-0.4, -0.2) is 39.4 Å². The Bertz CT molecular complexity index is 971. The number of hydrogen-bond donors (Lipinski definition) is 0. The van der Waals surface area contributed by atoms with Gasteiger partial charge in [0.1, 0.15) is 11.9 Å². The van der Waals surface area contributed by atoms with E-state index >= 15 is 0 Å². The molecule has 0 amide bonds. The van der Waals surface area contributed by atoms with Crippen molar-refractivity contribution < 1.29 is 9.13 Å². The fraction of sp³-hybridized carbons (Fsp3) is 0.391. The first-order valence-corrected chi connectivity index (χ1v) is 10.2. The van der Waals surface area contributed by atoms with Gasteiger partial charge in [-0.2, -0.15) is 5.10 Å². The van der Waals surface area contributed by atoms with Crippen LogP contribution in [0.3, 0.4) is 0 Å². The standard InChI is InChI=1S/C23H27FN4O/c1-3-28-15-19(17(2)26-28)14-27-11-12-29-23(16-27)22-10-6-8-20(25-22)13-18-7-4-5-9-21(18)24/h4-10,15,23H,3,11-14,16H2,1-2H3/t23-/m1/s1. The van der Waals surface area contributed by atoms with Crippen LogP contribution in [0.5, 0.6) is 0 Å². The zero-order chi connectivity index (χ0) is 20.2. The summed E-state index contributed by atoms with van der Waals surface area (Å²) in [5.41, 5.74) is 4.76. The molecule has 3 heterocycles. The molecule has 3 aromatic rings. The van der Waals surface area contributed by atoms with Crippen molar-refractivity contribution in [1.29, 1.82) is 0 Å². The quantitative estimate of drug-likeness (QED) is 0.636. The van der Waals surface area contributed by atoms with Gasteiger partial charge in [0.25, 0.3) is 0 Å². The van der Waals surface area contributed by atoms with Gasteiger partial charge in [-0.3, -0.25) is 14.6 Å². The molecule has 1 aliphatic rings. The normalized spacial score (nSPS) is 17.6. The van der Waals surface area contributed by atoms with Gasteiger partial charge in [-0.25, -0.2) is 4.39 Å². The minimum atomic E-state index is -0.192. The maximum absolute atomic E-state index is 14.0. The molecule has 0 aliphatic carbocycles. The Morgan fingerprint density at radius 2 is 2.00 bits per heavy atom. The smallest absolute Gasteiger partial charge is 0.126 e. The Morgan fingerprint density at radius 1 is 1.14 bits per heavy atom. The van der Waals surface area contributed by atoms with Crippen LogP contribution >= 0.6 is 0 Å². The van der Waals surface area contributed by atoms with Gasteiger partial charge in [0.15, 0.2) is 0 Å². The Morgan fingerprint density at radius 3 is 2.79 bits per heavy atom. The number of pyridine rings is 1. The predicted octanol–water partition coefficient (Wildman–Crippen LogP) is 3.91. The van der Waals surface area contributed by atoms with Gasteiger partial charge in [-0.05, 0) is 37.6 Å². The summed E-state index contributed by atoms with van der Waals surface area (Å²) in [6, 6.07) is 12.8. The van der Waals surface area contributed by atoms with Crippen molar-refractivity contribution in [3.63, 3.8) is 0 Å². The van der Waals surface area contributed by atoms with Gasteiger partial charge in [0.2, 0.25) is 0 Å². The molecule has 152 valence electrons. The van der Waals surface area contributed by atoms with Crippen molar-refractivity contribution in [3.05, 3.63) is 82.7 Å². The van der Waals surface area contributed by atoms with E-state index in [2.05, 4.69) is 30.0 Å². The number of benzene rings is 1. The number of rotatable bonds is 6. The van der Waals surface area contributed by atoms with Gasteiger partial charge in [0.05, 0.1) is 18.0 Å². The van der Waals surface area contributed by atoms with Gasteiger partial charge in [-0.1, -0.05) is 24.3 Å². The highest BCUT2D eigenvalue weighted by molar-refractivity contribution is 5.25. The fourth-order valence-corrected chi connectivity index (χ4v) is 3.76. The predicted molar refractivity (Wildman–Crippen MR) is 110 cm³/mol. The average molecular weight is 394 g/mol. The summed E-state index contributed by atoms with van der Waals surface area (Å²) in [5, 5.41) is 4.55. The summed E-state index contributed by atoms with van der Waals surface area (Å²) in [6.45, 7) is 8.25. The summed E-state index contributed by atoms with van der Waals surface area (Å²) in [5.74, 6) is -0.192. The number of aryl methyl sites for hydroxylation is 2. The monoisotopic (exact) mass is 394 g/mol. The fourth-order valence-electron chi connectivity index (χ4n) is 3.76. The van der Waals surface area contributed by atoms with E-state index < -0.39 is 0 Å². The number of ether oxygens (including phenoxy) is 1. The minimum Gasteiger partial charge on any atom is -0.369 e. The van der Waals surface area contributed by atoms with E-state index in [1.807, 2.05) is 28.9 Å². The third kappa shape index (κ3) is 4.71. The van der Waals surface area contributed by atoms with Crippen LogP contribution < -0.4 is 0 Å². The lowest BCUT2D eigenvalue weighted by atomic mass is 10.1. The zero-order valence-corrected chi connectivity index (χ0v) is 17.0. The molecule has 5 nitrogen and oxygen atoms in total. The molecule has 1 saturated heterocycles. The molecule has 1 aromatic carbocycles. The van der Waals surface area contributed by atoms with Crippen molar-refractivity contribution in [2.75, 3.05) is 19.7 Å². The zero-order valence-electron chi connectivity index (χ0n) is 17.0. The van der Waals surface area contributed by atoms with Crippen LogP contribution in [0, 0.1) is 12.7 Å². The second-order valence-electron chi connectivity index (χ2n) is 7.51. The SMILES string of the molecule is CCn1cc(CN2CCO[C@@H](c3cccc(Cc4ccccc4F)n3)C2)c(C)n1. The first kappa shape index (κ1) is 19.7. The minimum absolute atomic E-state index is 0.0779. The average Bonchev–Trinajstić information content (AvgIpc) is 3.10. The molecular formula is C23H27FN4O. The maximum atomic E-state index is 14.0. The summed E-state index contributed by atoms with van der Waals surface area (Å²) in [6.07, 6.45) is 2.53. The van der Waals surface area contributed by atoms with E-state index in [-0.39, 0.29) is 11.9 Å². The van der Waals surface area contributed by atoms with E-state index in [1.54, 1.807) is 12.1 Å². The third-order valence-corrected chi connectivity index (χ3v) is 5.40. The van der Waals surface area contributed by atoms with Gasteiger partial charge < -0.3 is 4.74 Å². The molecule has 0 spiro atoms. The lowest BCUT2D eigenvalue weighted by Gasteiger charge is -2.32. The van der Waals surface area contributed by atoms with Crippen molar-refractivity contribution in [3.8, 4) is 0 Å². The highest BCUT2D eigenvalue weighted by Crippen LogP contribution is 2.23. The summed E-state index contributed by atoms with van der Waals surface area (Å²) in [7, 11) is 0. The number of aromatic nitrogens is 3. The molecule has 1 aliphatic heterocycles. The molecule has 1 fully saturated rings. The lowest BCUT2D eigenvalue weighted by Crippen LogP contribution is -2.38. The summed E-state index contributed by atoms with van der Waals surface area (Å²) < 4.78 is 22.0. The number of hydrogen-bond acceptors (Lipinski definition) is 4. The molecule has 29 heavy (non-hydrogen) atoms. The molecule has 6 heteroatoms. The second-order valence-corrected chi connectivity index (χ2v) is 7.51. The summed E-state index contributed by atoms with van der Waals surface area (Å²) in [4.78, 5) is 7.17.